The zero-order chi connectivity index (χ0) is 66.2. The zero-order valence-electron chi connectivity index (χ0n) is 61.5. The lowest BCUT2D eigenvalue weighted by Gasteiger charge is -2.38. The first-order valence-corrected chi connectivity index (χ1v) is 35.9. The molecule has 5 N–H and O–H groups in total. The molecule has 0 fully saturated rings. The van der Waals surface area contributed by atoms with Crippen LogP contribution in [0.2, 0.25) is 0 Å². The van der Waals surface area contributed by atoms with Crippen LogP contribution in [0.15, 0.2) is 30.4 Å². The number of rotatable bonds is 38. The maximum absolute atomic E-state index is 10.4. The molecule has 0 saturated heterocycles. The predicted octanol–water partition coefficient (Wildman–Crippen LogP) is 24.6. The van der Waals surface area contributed by atoms with Crippen molar-refractivity contribution in [3.63, 3.8) is 0 Å². The van der Waals surface area contributed by atoms with Gasteiger partial charge in [0.05, 0.1) is 12.2 Å². The minimum absolute atomic E-state index is 0.0712. The van der Waals surface area contributed by atoms with Crippen molar-refractivity contribution in [2.45, 2.75) is 357 Å². The fraction of sp³-hybridized carbons (Fsp3) is 0.800. The van der Waals surface area contributed by atoms with Crippen molar-refractivity contribution >= 4 is 0 Å². The molecule has 0 radical (unpaired) electrons. The molecule has 1 aliphatic rings. The highest BCUT2D eigenvalue weighted by Crippen LogP contribution is 2.45. The molecule has 3 rings (SSSR count). The molecule has 0 bridgehead atoms. The van der Waals surface area contributed by atoms with Gasteiger partial charge in [0, 0.05) is 5.56 Å². The van der Waals surface area contributed by atoms with Crippen LogP contribution in [-0.4, -0.2) is 43.3 Å². The average Bonchev–Trinajstić information content (AvgIpc) is 0.985. The van der Waals surface area contributed by atoms with E-state index in [-0.39, 0.29) is 23.7 Å². The summed E-state index contributed by atoms with van der Waals surface area (Å²) >= 11 is 0. The van der Waals surface area contributed by atoms with Crippen LogP contribution in [0.3, 0.4) is 0 Å². The molecule has 6 nitrogen and oxygen atoms in total. The summed E-state index contributed by atoms with van der Waals surface area (Å²) < 4.78 is 6.60. The molecule has 1 aliphatic heterocycles. The van der Waals surface area contributed by atoms with Crippen LogP contribution >= 0.6 is 0 Å². The number of aliphatic hydroxyl groups is 2. The average molecular weight is 1210 g/mol. The summed E-state index contributed by atoms with van der Waals surface area (Å²) in [6.07, 6.45) is 41.2. The molecule has 1 heterocycles. The second kappa shape index (κ2) is 47.9. The first-order chi connectivity index (χ1) is 40.3. The molecule has 0 saturated carbocycles. The molecular weight excluding hydrogens is 1060 g/mol. The Labute approximate surface area is 536 Å². The molecule has 6 heteroatoms. The van der Waals surface area contributed by atoms with Crippen LogP contribution < -0.4 is 4.74 Å². The van der Waals surface area contributed by atoms with Gasteiger partial charge in [-0.3, -0.25) is 0 Å². The van der Waals surface area contributed by atoms with Gasteiger partial charge in [0.1, 0.15) is 28.6 Å². The number of benzene rings is 2. The Bertz CT molecular complexity index is 2030. The van der Waals surface area contributed by atoms with E-state index in [4.69, 9.17) is 9.84 Å². The second-order valence-electron chi connectivity index (χ2n) is 29.8. The number of allylic oxidation sites excluding steroid dienone is 1. The largest absolute Gasteiger partial charge is 0.508 e. The highest BCUT2D eigenvalue weighted by molar-refractivity contribution is 5.58. The Morgan fingerprint density at radius 2 is 0.895 bits per heavy atom. The van der Waals surface area contributed by atoms with Crippen LogP contribution in [0.5, 0.6) is 23.0 Å². The van der Waals surface area contributed by atoms with E-state index in [1.165, 1.54) is 159 Å². The topological polar surface area (TPSA) is 110 Å². The summed E-state index contributed by atoms with van der Waals surface area (Å²) in [5.41, 5.74) is 7.10. The second-order valence-corrected chi connectivity index (χ2v) is 29.8. The van der Waals surface area contributed by atoms with E-state index in [9.17, 15) is 20.4 Å². The van der Waals surface area contributed by atoms with E-state index in [2.05, 4.69) is 110 Å². The van der Waals surface area contributed by atoms with E-state index in [1.807, 2.05) is 40.7 Å². The molecule has 8 unspecified atom stereocenters. The molecule has 0 amide bonds. The van der Waals surface area contributed by atoms with Crippen molar-refractivity contribution in [3.05, 3.63) is 69.3 Å². The van der Waals surface area contributed by atoms with E-state index < -0.39 is 5.60 Å². The number of aryl methyl sites for hydroxylation is 1. The van der Waals surface area contributed by atoms with Gasteiger partial charge in [-0.2, -0.15) is 0 Å². The predicted molar refractivity (Wildman–Crippen MR) is 381 cm³/mol. The lowest BCUT2D eigenvalue weighted by atomic mass is 9.84. The minimum Gasteiger partial charge on any atom is -0.508 e. The Balaban J connectivity index is 0. The molecule has 0 aliphatic carbocycles. The quantitative estimate of drug-likeness (QED) is 0.0338. The van der Waals surface area contributed by atoms with Crippen molar-refractivity contribution in [2.24, 2.45) is 53.3 Å². The van der Waals surface area contributed by atoms with E-state index in [1.54, 1.807) is 32.9 Å². The molecule has 504 valence electrons. The van der Waals surface area contributed by atoms with E-state index in [0.717, 1.165) is 125 Å². The summed E-state index contributed by atoms with van der Waals surface area (Å²) in [6.45, 7) is 54.0. The van der Waals surface area contributed by atoms with Crippen molar-refractivity contribution < 1.29 is 30.3 Å². The van der Waals surface area contributed by atoms with Crippen molar-refractivity contribution in [2.75, 3.05) is 6.61 Å². The number of aliphatic hydroxyl groups excluding tert-OH is 1. The molecule has 86 heavy (non-hydrogen) atoms. The Hall–Kier alpha value is -2.96. The minimum atomic E-state index is -0.676. The number of ether oxygens (including phenoxy) is 1. The SMILES string of the molecule is C/C(=C\CO)CCCC(C)CCCC(C)CCCC(C)C.C=CC(C)(O)CCCC(C)CCCC(C)CCCC(C)C.CC.Cc1c(C)c2c(c(C)c1O)CCC(C)(CCCC(C)CCCC(C)CCCC(C)C)O2.Cc1cc(O)c(C)c(C)c1O. The number of fused-ring (bicyclic) bond motifs is 1. The van der Waals surface area contributed by atoms with Gasteiger partial charge in [0.2, 0.25) is 0 Å². The fourth-order valence-corrected chi connectivity index (χ4v) is 12.2. The lowest BCUT2D eigenvalue weighted by Crippen LogP contribution is -2.37. The van der Waals surface area contributed by atoms with Gasteiger partial charge in [-0.1, -0.05) is 256 Å². The monoisotopic (exact) mass is 1210 g/mol. The van der Waals surface area contributed by atoms with Crippen LogP contribution in [0.4, 0.5) is 0 Å². The van der Waals surface area contributed by atoms with E-state index in [0.29, 0.717) is 11.3 Å². The third kappa shape index (κ3) is 39.9. The summed E-state index contributed by atoms with van der Waals surface area (Å²) in [6, 6.07) is 1.57. The first-order valence-electron chi connectivity index (χ1n) is 35.9. The van der Waals surface area contributed by atoms with Crippen molar-refractivity contribution in [1.82, 2.24) is 0 Å². The summed E-state index contributed by atoms with van der Waals surface area (Å²) in [5.74, 6) is 9.71. The van der Waals surface area contributed by atoms with Crippen LogP contribution in [0.25, 0.3) is 0 Å². The maximum atomic E-state index is 10.4. The van der Waals surface area contributed by atoms with Gasteiger partial charge in [-0.15, -0.1) is 6.58 Å². The van der Waals surface area contributed by atoms with Crippen LogP contribution in [0, 0.1) is 94.8 Å². The summed E-state index contributed by atoms with van der Waals surface area (Å²) in [5, 5.41) is 47.8. The lowest BCUT2D eigenvalue weighted by molar-refractivity contribution is 0.0511. The number of hydrogen-bond acceptors (Lipinski definition) is 6. The fourth-order valence-electron chi connectivity index (χ4n) is 12.2. The highest BCUT2D eigenvalue weighted by Gasteiger charge is 2.34. The number of phenols is 3. The van der Waals surface area contributed by atoms with Crippen LogP contribution in [0.1, 0.15) is 336 Å². The zero-order valence-corrected chi connectivity index (χ0v) is 61.5. The number of hydrogen-bond donors (Lipinski definition) is 5. The maximum Gasteiger partial charge on any atom is 0.127 e. The summed E-state index contributed by atoms with van der Waals surface area (Å²) in [4.78, 5) is 0. The molecular formula is C80H148O6. The smallest absolute Gasteiger partial charge is 0.127 e. The molecule has 0 aromatic heterocycles. The third-order valence-corrected chi connectivity index (χ3v) is 19.2. The van der Waals surface area contributed by atoms with E-state index >= 15 is 0 Å². The van der Waals surface area contributed by atoms with Gasteiger partial charge in [-0.05, 0) is 200 Å². The number of aromatic hydroxyl groups is 3. The normalized spacial score (nSPS) is 16.8. The summed E-state index contributed by atoms with van der Waals surface area (Å²) in [7, 11) is 0. The van der Waals surface area contributed by atoms with Gasteiger partial charge in [-0.25, -0.2) is 0 Å². The Morgan fingerprint density at radius 1 is 0.535 bits per heavy atom. The highest BCUT2D eigenvalue weighted by atomic mass is 16.5. The third-order valence-electron chi connectivity index (χ3n) is 19.2. The van der Waals surface area contributed by atoms with Crippen molar-refractivity contribution in [1.29, 1.82) is 0 Å². The Kier molecular flexibility index (Phi) is 47.4. The van der Waals surface area contributed by atoms with Gasteiger partial charge in [0.15, 0.2) is 0 Å². The molecule has 0 spiro atoms. The molecule has 2 aromatic carbocycles. The molecule has 2 aromatic rings. The Morgan fingerprint density at radius 3 is 1.28 bits per heavy atom. The van der Waals surface area contributed by atoms with Crippen LogP contribution in [-0.2, 0) is 6.42 Å². The van der Waals surface area contributed by atoms with Gasteiger partial charge < -0.3 is 30.3 Å². The number of phenolic OH excluding ortho intramolecular Hbond substituents is 3. The molecule has 8 atom stereocenters. The standard InChI is InChI=1S/C29H50O2.2C20H40O.C9H12O2.C2H6/c1-20(2)12-9-13-21(3)14-10-15-22(4)16-11-18-29(8)19-17-26-25(7)27(30)23(5)24(6)28(26)31-29;1-17(2)9-6-10-18(3)11-7-12-19(4)13-8-14-20(5)15-16-21;1-7-20(6,21)16-10-15-19(5)14-9-13-18(4)12-8-11-17(2)3;1-5-4-8(10)6(2)7(3)9(5)11;1-2/h20-22,30H,9-19H2,1-8H3;15,17-19,21H,6-14,16H2,1-5H3;7,17-19,21H,1,8-16H2,2-6H3;4,10-11H,1-3H3;1-2H3/b;20-15+;;;. The van der Waals surface area contributed by atoms with Gasteiger partial charge in [0.25, 0.3) is 0 Å². The van der Waals surface area contributed by atoms with Crippen molar-refractivity contribution in [3.8, 4) is 23.0 Å². The van der Waals surface area contributed by atoms with Gasteiger partial charge >= 0.3 is 0 Å². The first kappa shape index (κ1) is 85.1.